The Bertz CT molecular complexity index is 855. The molecule has 2 aromatic rings. The summed E-state index contributed by atoms with van der Waals surface area (Å²) in [5, 5.41) is 2.65. The van der Waals surface area contributed by atoms with Crippen LogP contribution < -0.4 is 5.32 Å². The van der Waals surface area contributed by atoms with E-state index in [1.165, 1.54) is 28.8 Å². The summed E-state index contributed by atoms with van der Waals surface area (Å²) in [5.41, 5.74) is 1.67. The summed E-state index contributed by atoms with van der Waals surface area (Å²) in [6.45, 7) is 4.94. The van der Waals surface area contributed by atoms with Crippen LogP contribution in [0, 0.1) is 19.7 Å². The van der Waals surface area contributed by atoms with Crippen LogP contribution in [0.1, 0.15) is 39.0 Å². The van der Waals surface area contributed by atoms with Crippen molar-refractivity contribution in [2.75, 3.05) is 11.9 Å². The first kappa shape index (κ1) is 18.4. The zero-order valence-corrected chi connectivity index (χ0v) is 14.5. The number of carbonyl (C=O) groups excluding carboxylic acids is 3. The molecule has 0 unspecified atom stereocenters. The number of nitrogens with zero attached hydrogens (tertiary/aromatic N) is 1. The van der Waals surface area contributed by atoms with Crippen molar-refractivity contribution in [2.45, 2.75) is 20.8 Å². The first-order chi connectivity index (χ1) is 11.8. The average Bonchev–Trinajstić information content (AvgIpc) is 2.86. The molecule has 0 spiro atoms. The number of amides is 1. The van der Waals surface area contributed by atoms with Crippen LogP contribution >= 0.6 is 0 Å². The van der Waals surface area contributed by atoms with Gasteiger partial charge in [-0.05, 0) is 50.6 Å². The number of rotatable bonds is 5. The van der Waals surface area contributed by atoms with E-state index in [1.54, 1.807) is 27.8 Å². The Morgan fingerprint density at radius 2 is 1.88 bits per heavy atom. The van der Waals surface area contributed by atoms with Crippen LogP contribution in [-0.2, 0) is 16.6 Å². The van der Waals surface area contributed by atoms with Crippen molar-refractivity contribution < 1.29 is 23.5 Å². The second-order valence-corrected chi connectivity index (χ2v) is 5.56. The molecule has 0 aliphatic carbocycles. The minimum atomic E-state index is -0.968. The molecule has 7 heteroatoms. The van der Waals surface area contributed by atoms with E-state index in [9.17, 15) is 18.8 Å². The van der Waals surface area contributed by atoms with E-state index in [0.717, 1.165) is 0 Å². The summed E-state index contributed by atoms with van der Waals surface area (Å²) in [4.78, 5) is 36.2. The van der Waals surface area contributed by atoms with Crippen LogP contribution in [0.4, 0.5) is 10.1 Å². The van der Waals surface area contributed by atoms with Gasteiger partial charge in [-0.1, -0.05) is 0 Å². The molecule has 1 heterocycles. The largest absolute Gasteiger partial charge is 0.460 e. The molecule has 0 aliphatic rings. The number of hydrogen-bond acceptors (Lipinski definition) is 4. The van der Waals surface area contributed by atoms with Gasteiger partial charge in [0.05, 0.1) is 17.9 Å². The highest BCUT2D eigenvalue weighted by Crippen LogP contribution is 2.19. The van der Waals surface area contributed by atoms with E-state index in [0.29, 0.717) is 16.9 Å². The number of benzene rings is 1. The molecule has 132 valence electrons. The lowest BCUT2D eigenvalue weighted by Gasteiger charge is -2.07. The van der Waals surface area contributed by atoms with Crippen molar-refractivity contribution in [3.63, 3.8) is 0 Å². The van der Waals surface area contributed by atoms with Gasteiger partial charge in [0.25, 0.3) is 11.7 Å². The molecule has 0 radical (unpaired) electrons. The molecule has 2 rings (SSSR count). The fraction of sp³-hybridized carbons (Fsp3) is 0.278. The van der Waals surface area contributed by atoms with Gasteiger partial charge in [0.2, 0.25) is 0 Å². The molecule has 1 N–H and O–H groups in total. The summed E-state index contributed by atoms with van der Waals surface area (Å²) >= 11 is 0. The van der Waals surface area contributed by atoms with Gasteiger partial charge in [0.15, 0.2) is 0 Å². The molecular weight excluding hydrogens is 327 g/mol. The van der Waals surface area contributed by atoms with Gasteiger partial charge in [0, 0.05) is 18.4 Å². The predicted octanol–water partition coefficient (Wildman–Crippen LogP) is 2.78. The van der Waals surface area contributed by atoms with Crippen molar-refractivity contribution in [2.24, 2.45) is 7.05 Å². The maximum absolute atomic E-state index is 13.3. The van der Waals surface area contributed by atoms with E-state index >= 15 is 0 Å². The molecule has 1 aromatic carbocycles. The summed E-state index contributed by atoms with van der Waals surface area (Å²) in [6, 6.07) is 5.57. The number of aryl methyl sites for hydroxylation is 1. The number of anilines is 1. The van der Waals surface area contributed by atoms with Gasteiger partial charge < -0.3 is 14.6 Å². The van der Waals surface area contributed by atoms with E-state index < -0.39 is 17.7 Å². The fourth-order valence-electron chi connectivity index (χ4n) is 2.37. The SMILES string of the molecule is CCOC(=O)C(=O)c1cc(C(=O)Nc2ccc(F)c(C)c2)c(C)n1C. The average molecular weight is 346 g/mol. The van der Waals surface area contributed by atoms with Crippen LogP contribution in [0.25, 0.3) is 0 Å². The van der Waals surface area contributed by atoms with Crippen LogP contribution in [0.2, 0.25) is 0 Å². The van der Waals surface area contributed by atoms with Crippen LogP contribution in [-0.4, -0.2) is 28.8 Å². The van der Waals surface area contributed by atoms with E-state index in [1.807, 2.05) is 0 Å². The molecular formula is C18H19FN2O4. The van der Waals surface area contributed by atoms with E-state index in [2.05, 4.69) is 5.32 Å². The van der Waals surface area contributed by atoms with Gasteiger partial charge in [-0.15, -0.1) is 0 Å². The molecule has 0 atom stereocenters. The van der Waals surface area contributed by atoms with Crippen molar-refractivity contribution in [3.05, 3.63) is 52.6 Å². The Morgan fingerprint density at radius 3 is 2.48 bits per heavy atom. The third-order valence-corrected chi connectivity index (χ3v) is 3.89. The molecule has 6 nitrogen and oxygen atoms in total. The van der Waals surface area contributed by atoms with Crippen molar-refractivity contribution in [1.82, 2.24) is 4.57 Å². The summed E-state index contributed by atoms with van der Waals surface area (Å²) in [5.74, 6) is -2.61. The highest BCUT2D eigenvalue weighted by atomic mass is 19.1. The Hall–Kier alpha value is -2.96. The summed E-state index contributed by atoms with van der Waals surface area (Å²) < 4.78 is 19.5. The van der Waals surface area contributed by atoms with E-state index in [4.69, 9.17) is 4.74 Å². The molecule has 0 saturated carbocycles. The van der Waals surface area contributed by atoms with E-state index in [-0.39, 0.29) is 23.7 Å². The molecule has 0 aliphatic heterocycles. The number of esters is 1. The molecule has 0 saturated heterocycles. The number of aromatic nitrogens is 1. The Labute approximate surface area is 144 Å². The monoisotopic (exact) mass is 346 g/mol. The van der Waals surface area contributed by atoms with Gasteiger partial charge in [-0.2, -0.15) is 0 Å². The lowest BCUT2D eigenvalue weighted by Crippen LogP contribution is -2.20. The number of ether oxygens (including phenoxy) is 1. The van der Waals surface area contributed by atoms with Crippen molar-refractivity contribution in [1.29, 1.82) is 0 Å². The number of nitrogens with one attached hydrogen (secondary N) is 1. The van der Waals surface area contributed by atoms with Crippen LogP contribution in [0.5, 0.6) is 0 Å². The maximum atomic E-state index is 13.3. The normalized spacial score (nSPS) is 10.4. The van der Waals surface area contributed by atoms with Gasteiger partial charge in [0.1, 0.15) is 5.82 Å². The number of carbonyl (C=O) groups is 3. The third-order valence-electron chi connectivity index (χ3n) is 3.89. The van der Waals surface area contributed by atoms with Crippen LogP contribution in [0.3, 0.4) is 0 Å². The summed E-state index contributed by atoms with van der Waals surface area (Å²) in [7, 11) is 1.58. The third kappa shape index (κ3) is 3.76. The molecule has 0 fully saturated rings. The first-order valence-corrected chi connectivity index (χ1v) is 7.71. The predicted molar refractivity (Wildman–Crippen MR) is 90.2 cm³/mol. The molecule has 0 bridgehead atoms. The minimum Gasteiger partial charge on any atom is -0.460 e. The number of Topliss-reactive ketones (excluding diaryl/α,β-unsaturated/α-hetero) is 1. The van der Waals surface area contributed by atoms with Gasteiger partial charge in [-0.25, -0.2) is 9.18 Å². The van der Waals surface area contributed by atoms with Gasteiger partial charge in [-0.3, -0.25) is 9.59 Å². The standard InChI is InChI=1S/C18H19FN2O4/c1-5-25-18(24)16(22)15-9-13(11(3)21(15)4)17(23)20-12-6-7-14(19)10(2)8-12/h6-9H,5H2,1-4H3,(H,20,23). The topological polar surface area (TPSA) is 77.4 Å². The lowest BCUT2D eigenvalue weighted by atomic mass is 10.2. The maximum Gasteiger partial charge on any atom is 0.381 e. The first-order valence-electron chi connectivity index (χ1n) is 7.71. The van der Waals surface area contributed by atoms with Gasteiger partial charge >= 0.3 is 5.97 Å². The Balaban J connectivity index is 2.28. The number of hydrogen-bond donors (Lipinski definition) is 1. The number of halogens is 1. The van der Waals surface area contributed by atoms with Crippen molar-refractivity contribution >= 4 is 23.3 Å². The summed E-state index contributed by atoms with van der Waals surface area (Å²) in [6.07, 6.45) is 0. The highest BCUT2D eigenvalue weighted by Gasteiger charge is 2.25. The molecule has 1 amide bonds. The minimum absolute atomic E-state index is 0.0661. The smallest absolute Gasteiger partial charge is 0.381 e. The Morgan fingerprint density at radius 1 is 1.20 bits per heavy atom. The quantitative estimate of drug-likeness (QED) is 0.513. The Kier molecular flexibility index (Phi) is 5.36. The lowest BCUT2D eigenvalue weighted by molar-refractivity contribution is -0.137. The zero-order chi connectivity index (χ0) is 18.7. The second kappa shape index (κ2) is 7.29. The molecule has 25 heavy (non-hydrogen) atoms. The number of ketones is 1. The highest BCUT2D eigenvalue weighted by molar-refractivity contribution is 6.40. The zero-order valence-electron chi connectivity index (χ0n) is 14.5. The molecule has 1 aromatic heterocycles. The fourth-order valence-corrected chi connectivity index (χ4v) is 2.37. The van der Waals surface area contributed by atoms with Crippen LogP contribution in [0.15, 0.2) is 24.3 Å². The second-order valence-electron chi connectivity index (χ2n) is 5.56. The van der Waals surface area contributed by atoms with Crippen molar-refractivity contribution in [3.8, 4) is 0 Å².